The average molecular weight is 336 g/mol. The highest BCUT2D eigenvalue weighted by Crippen LogP contribution is 2.32. The Morgan fingerprint density at radius 1 is 0.870 bits per heavy atom. The molecule has 2 fully saturated rings. The second kappa shape index (κ2) is 7.49. The minimum Gasteiger partial charge on any atom is -0.396 e. The molecule has 9 nitrogen and oxygen atoms in total. The first-order valence-electron chi connectivity index (χ1n) is 7.62. The molecule has 9 unspecified atom stereocenters. The van der Waals surface area contributed by atoms with Crippen molar-refractivity contribution >= 4 is 5.78 Å². The topological polar surface area (TPSA) is 168 Å². The normalized spacial score (nSPS) is 48.5. The summed E-state index contributed by atoms with van der Waals surface area (Å²) in [5.41, 5.74) is 0. The van der Waals surface area contributed by atoms with Gasteiger partial charge in [-0.05, 0) is 6.42 Å². The SMILES string of the molecule is O=C1CC(CO)C(OC2CC(CO)C(O)C(O)C2O)C(O)C1O. The number of aliphatic hydroxyl groups excluding tert-OH is 7. The van der Waals surface area contributed by atoms with E-state index in [-0.39, 0.29) is 12.8 Å². The number of aliphatic hydroxyl groups is 7. The Balaban J connectivity index is 2.13. The molecule has 23 heavy (non-hydrogen) atoms. The van der Waals surface area contributed by atoms with E-state index in [2.05, 4.69) is 0 Å². The molecule has 2 aliphatic rings. The van der Waals surface area contributed by atoms with Crippen LogP contribution in [0.4, 0.5) is 0 Å². The number of carbonyl (C=O) groups excluding carboxylic acids is 1. The Hall–Kier alpha value is -0.650. The summed E-state index contributed by atoms with van der Waals surface area (Å²) in [4.78, 5) is 11.5. The van der Waals surface area contributed by atoms with Crippen LogP contribution in [-0.4, -0.2) is 97.5 Å². The van der Waals surface area contributed by atoms with Crippen LogP contribution in [0.3, 0.4) is 0 Å². The first-order chi connectivity index (χ1) is 10.8. The van der Waals surface area contributed by atoms with Gasteiger partial charge in [-0.25, -0.2) is 0 Å². The average Bonchev–Trinajstić information content (AvgIpc) is 2.55. The standard InChI is InChI=1S/C14H24O9/c15-3-5-2-8(11(20)12(21)9(5)18)23-14-6(4-16)1-7(17)10(19)13(14)22/h5-6,8-16,18-22H,1-4H2. The fourth-order valence-corrected chi connectivity index (χ4v) is 3.30. The van der Waals surface area contributed by atoms with Gasteiger partial charge in [-0.3, -0.25) is 4.79 Å². The Labute approximate surface area is 132 Å². The third-order valence-electron chi connectivity index (χ3n) is 4.82. The molecule has 0 amide bonds. The number of ketones is 1. The third kappa shape index (κ3) is 3.57. The van der Waals surface area contributed by atoms with Gasteiger partial charge in [0.05, 0.1) is 18.3 Å². The first-order valence-corrected chi connectivity index (χ1v) is 7.62. The Morgan fingerprint density at radius 2 is 1.48 bits per heavy atom. The van der Waals surface area contributed by atoms with Crippen LogP contribution in [0.5, 0.6) is 0 Å². The molecular formula is C14H24O9. The van der Waals surface area contributed by atoms with Crippen molar-refractivity contribution in [3.63, 3.8) is 0 Å². The second-order valence-corrected chi connectivity index (χ2v) is 6.34. The van der Waals surface area contributed by atoms with Crippen molar-refractivity contribution in [2.24, 2.45) is 11.8 Å². The summed E-state index contributed by atoms with van der Waals surface area (Å²) in [5.74, 6) is -2.09. The van der Waals surface area contributed by atoms with Gasteiger partial charge in [-0.2, -0.15) is 0 Å². The van der Waals surface area contributed by atoms with Gasteiger partial charge < -0.3 is 40.5 Å². The van der Waals surface area contributed by atoms with Crippen LogP contribution >= 0.6 is 0 Å². The molecule has 9 atom stereocenters. The largest absolute Gasteiger partial charge is 0.396 e. The molecule has 0 heterocycles. The van der Waals surface area contributed by atoms with Gasteiger partial charge >= 0.3 is 0 Å². The highest BCUT2D eigenvalue weighted by molar-refractivity contribution is 5.84. The molecule has 7 N–H and O–H groups in total. The maximum atomic E-state index is 11.5. The number of hydrogen-bond acceptors (Lipinski definition) is 9. The van der Waals surface area contributed by atoms with Crippen LogP contribution in [-0.2, 0) is 9.53 Å². The molecule has 2 rings (SSSR count). The van der Waals surface area contributed by atoms with Crippen molar-refractivity contribution in [1.82, 2.24) is 0 Å². The van der Waals surface area contributed by atoms with E-state index >= 15 is 0 Å². The van der Waals surface area contributed by atoms with E-state index in [1.165, 1.54) is 0 Å². The van der Waals surface area contributed by atoms with E-state index in [4.69, 9.17) is 4.74 Å². The minimum atomic E-state index is -1.65. The molecule has 134 valence electrons. The van der Waals surface area contributed by atoms with Crippen LogP contribution < -0.4 is 0 Å². The Morgan fingerprint density at radius 3 is 2.04 bits per heavy atom. The summed E-state index contributed by atoms with van der Waals surface area (Å²) in [6, 6.07) is 0. The number of carbonyl (C=O) groups is 1. The van der Waals surface area contributed by atoms with Crippen LogP contribution in [0.2, 0.25) is 0 Å². The molecule has 0 aliphatic heterocycles. The number of hydrogen-bond donors (Lipinski definition) is 7. The molecule has 2 saturated carbocycles. The van der Waals surface area contributed by atoms with E-state index in [9.17, 15) is 40.5 Å². The zero-order chi connectivity index (χ0) is 17.3. The van der Waals surface area contributed by atoms with Crippen molar-refractivity contribution in [3.05, 3.63) is 0 Å². The molecule has 0 bridgehead atoms. The first kappa shape index (κ1) is 18.7. The van der Waals surface area contributed by atoms with Gasteiger partial charge in [0.15, 0.2) is 5.78 Å². The zero-order valence-corrected chi connectivity index (χ0v) is 12.5. The quantitative estimate of drug-likeness (QED) is 0.272. The lowest BCUT2D eigenvalue weighted by Crippen LogP contribution is -2.59. The fraction of sp³-hybridized carbons (Fsp3) is 0.929. The lowest BCUT2D eigenvalue weighted by molar-refractivity contribution is -0.223. The molecule has 0 aromatic rings. The molecule has 0 radical (unpaired) electrons. The zero-order valence-electron chi connectivity index (χ0n) is 12.5. The summed E-state index contributed by atoms with van der Waals surface area (Å²) in [5, 5.41) is 67.9. The van der Waals surface area contributed by atoms with Crippen molar-refractivity contribution in [2.75, 3.05) is 13.2 Å². The lowest BCUT2D eigenvalue weighted by Gasteiger charge is -2.44. The predicted octanol–water partition coefficient (Wildman–Crippen LogP) is -3.86. The van der Waals surface area contributed by atoms with Crippen LogP contribution in [0.1, 0.15) is 12.8 Å². The summed E-state index contributed by atoms with van der Waals surface area (Å²) in [6.45, 7) is -0.889. The molecule has 0 aromatic heterocycles. The maximum absolute atomic E-state index is 11.5. The van der Waals surface area contributed by atoms with Gasteiger partial charge in [0.25, 0.3) is 0 Å². The van der Waals surface area contributed by atoms with Gasteiger partial charge in [0.1, 0.15) is 24.4 Å². The summed E-state index contributed by atoms with van der Waals surface area (Å²) in [6.07, 6.45) is -9.84. The van der Waals surface area contributed by atoms with Crippen molar-refractivity contribution < 1.29 is 45.3 Å². The van der Waals surface area contributed by atoms with E-state index < -0.39 is 73.6 Å². The van der Waals surface area contributed by atoms with Gasteiger partial charge in [-0.1, -0.05) is 0 Å². The number of Topliss-reactive ketones (excluding diaryl/α,β-unsaturated/α-hetero) is 1. The van der Waals surface area contributed by atoms with E-state index in [0.29, 0.717) is 0 Å². The van der Waals surface area contributed by atoms with Gasteiger partial charge in [0, 0.05) is 31.5 Å². The van der Waals surface area contributed by atoms with E-state index in [0.717, 1.165) is 0 Å². The molecule has 9 heteroatoms. The van der Waals surface area contributed by atoms with Crippen molar-refractivity contribution in [1.29, 1.82) is 0 Å². The summed E-state index contributed by atoms with van der Waals surface area (Å²) < 4.78 is 5.58. The monoisotopic (exact) mass is 336 g/mol. The van der Waals surface area contributed by atoms with Crippen LogP contribution in [0.15, 0.2) is 0 Å². The number of ether oxygens (including phenoxy) is 1. The predicted molar refractivity (Wildman–Crippen MR) is 74.1 cm³/mol. The molecule has 0 aromatic carbocycles. The van der Waals surface area contributed by atoms with Crippen LogP contribution in [0.25, 0.3) is 0 Å². The molecule has 2 aliphatic carbocycles. The Kier molecular flexibility index (Phi) is 6.09. The summed E-state index contributed by atoms with van der Waals surface area (Å²) in [7, 11) is 0. The van der Waals surface area contributed by atoms with Crippen molar-refractivity contribution in [3.8, 4) is 0 Å². The van der Waals surface area contributed by atoms with Gasteiger partial charge in [-0.15, -0.1) is 0 Å². The van der Waals surface area contributed by atoms with Gasteiger partial charge in [0.2, 0.25) is 0 Å². The second-order valence-electron chi connectivity index (χ2n) is 6.34. The van der Waals surface area contributed by atoms with Crippen LogP contribution in [0, 0.1) is 11.8 Å². The Bertz CT molecular complexity index is 413. The highest BCUT2D eigenvalue weighted by Gasteiger charge is 2.48. The smallest absolute Gasteiger partial charge is 0.164 e. The third-order valence-corrected chi connectivity index (χ3v) is 4.82. The molecule has 0 saturated heterocycles. The molecule has 0 spiro atoms. The lowest BCUT2D eigenvalue weighted by atomic mass is 9.79. The fourth-order valence-electron chi connectivity index (χ4n) is 3.30. The number of rotatable bonds is 4. The maximum Gasteiger partial charge on any atom is 0.164 e. The molecular weight excluding hydrogens is 312 g/mol. The van der Waals surface area contributed by atoms with E-state index in [1.807, 2.05) is 0 Å². The highest BCUT2D eigenvalue weighted by atomic mass is 16.5. The van der Waals surface area contributed by atoms with Crippen molar-refractivity contribution in [2.45, 2.75) is 55.6 Å². The summed E-state index contributed by atoms with van der Waals surface area (Å²) >= 11 is 0. The van der Waals surface area contributed by atoms with E-state index in [1.54, 1.807) is 0 Å². The minimum absolute atomic E-state index is 0.0152.